The van der Waals surface area contributed by atoms with E-state index in [2.05, 4.69) is 0 Å². The number of hydrogen-bond donors (Lipinski definition) is 2. The molecule has 8 heteroatoms. The van der Waals surface area contributed by atoms with Crippen LogP contribution in [0.3, 0.4) is 0 Å². The van der Waals surface area contributed by atoms with Crippen LogP contribution in [0.5, 0.6) is 0 Å². The molecule has 0 aliphatic heterocycles. The highest BCUT2D eigenvalue weighted by atomic mass is 32.2. The zero-order valence-corrected chi connectivity index (χ0v) is 9.24. The molecule has 1 rings (SSSR count). The van der Waals surface area contributed by atoms with Crippen LogP contribution in [0.2, 0.25) is 0 Å². The summed E-state index contributed by atoms with van der Waals surface area (Å²) in [4.78, 5) is 20.5. The Morgan fingerprint density at radius 3 is 2.65 bits per heavy atom. The van der Waals surface area contributed by atoms with Crippen molar-refractivity contribution < 1.29 is 24.3 Å². The fourth-order valence-electron chi connectivity index (χ4n) is 1.12. The van der Waals surface area contributed by atoms with Crippen LogP contribution in [-0.4, -0.2) is 33.5 Å². The van der Waals surface area contributed by atoms with Crippen LogP contribution in [-0.2, 0) is 0 Å². The summed E-state index contributed by atoms with van der Waals surface area (Å²) in [7, 11) is 0. The van der Waals surface area contributed by atoms with Gasteiger partial charge in [-0.05, 0) is 6.07 Å². The van der Waals surface area contributed by atoms with Crippen LogP contribution in [0.25, 0.3) is 0 Å². The lowest BCUT2D eigenvalue weighted by molar-refractivity contribution is -0.387. The van der Waals surface area contributed by atoms with E-state index in [4.69, 9.17) is 10.2 Å². The zero-order valence-electron chi connectivity index (χ0n) is 8.42. The van der Waals surface area contributed by atoms with E-state index in [9.17, 15) is 19.3 Å². The summed E-state index contributed by atoms with van der Waals surface area (Å²) in [5.74, 6) is -2.49. The van der Waals surface area contributed by atoms with Gasteiger partial charge < -0.3 is 10.2 Å². The highest BCUT2D eigenvalue weighted by Gasteiger charge is 2.21. The van der Waals surface area contributed by atoms with Crippen LogP contribution in [0.1, 0.15) is 10.4 Å². The molecule has 6 nitrogen and oxygen atoms in total. The standard InChI is InChI=1S/C9H8FNO5S/c10-6-4-7(11(15)16)8(17-2-1-12)3-5(6)9(13)14/h3-4,12H,1-2H2,(H,13,14). The van der Waals surface area contributed by atoms with Crippen molar-refractivity contribution >= 4 is 23.4 Å². The number of carboxylic acids is 1. The highest BCUT2D eigenvalue weighted by molar-refractivity contribution is 7.99. The number of carboxylic acid groups (broad SMARTS) is 1. The molecule has 0 aromatic heterocycles. The number of rotatable bonds is 5. The second kappa shape index (κ2) is 5.60. The number of aromatic carboxylic acids is 1. The molecule has 0 fully saturated rings. The fraction of sp³-hybridized carbons (Fsp3) is 0.222. The third-order valence-electron chi connectivity index (χ3n) is 1.82. The van der Waals surface area contributed by atoms with Crippen molar-refractivity contribution in [1.82, 2.24) is 0 Å². The molecule has 0 bridgehead atoms. The average molecular weight is 261 g/mol. The number of nitro groups is 1. The van der Waals surface area contributed by atoms with E-state index in [1.54, 1.807) is 0 Å². The number of nitrogens with zero attached hydrogens (tertiary/aromatic N) is 1. The predicted molar refractivity (Wildman–Crippen MR) is 57.8 cm³/mol. The van der Waals surface area contributed by atoms with Gasteiger partial charge in [0.1, 0.15) is 5.82 Å². The number of nitro benzene ring substituents is 1. The van der Waals surface area contributed by atoms with E-state index in [0.717, 1.165) is 17.8 Å². The number of hydrogen-bond acceptors (Lipinski definition) is 5. The minimum absolute atomic E-state index is 0.0165. The molecule has 0 unspecified atom stereocenters. The molecule has 0 spiro atoms. The Hall–Kier alpha value is -1.67. The van der Waals surface area contributed by atoms with Gasteiger partial charge in [-0.1, -0.05) is 0 Å². The van der Waals surface area contributed by atoms with E-state index >= 15 is 0 Å². The van der Waals surface area contributed by atoms with Crippen molar-refractivity contribution in [3.05, 3.63) is 33.6 Å². The largest absolute Gasteiger partial charge is 0.478 e. The molecule has 2 N–H and O–H groups in total. The molecular weight excluding hydrogens is 253 g/mol. The number of carbonyl (C=O) groups is 1. The van der Waals surface area contributed by atoms with E-state index in [1.807, 2.05) is 0 Å². The second-order valence-electron chi connectivity index (χ2n) is 2.93. The van der Waals surface area contributed by atoms with Crippen molar-refractivity contribution in [2.45, 2.75) is 4.90 Å². The molecule has 92 valence electrons. The van der Waals surface area contributed by atoms with Crippen molar-refractivity contribution in [3.63, 3.8) is 0 Å². The maximum Gasteiger partial charge on any atom is 0.338 e. The quantitative estimate of drug-likeness (QED) is 0.473. The van der Waals surface area contributed by atoms with Gasteiger partial charge in [0, 0.05) is 5.75 Å². The van der Waals surface area contributed by atoms with Crippen LogP contribution in [0.4, 0.5) is 10.1 Å². The zero-order chi connectivity index (χ0) is 13.0. The van der Waals surface area contributed by atoms with Gasteiger partial charge in [0.25, 0.3) is 5.69 Å². The lowest BCUT2D eigenvalue weighted by atomic mass is 10.2. The second-order valence-corrected chi connectivity index (χ2v) is 4.07. The molecule has 0 radical (unpaired) electrons. The Labute approximate surface area is 99.2 Å². The third kappa shape index (κ3) is 3.14. The Morgan fingerprint density at radius 2 is 2.18 bits per heavy atom. The van der Waals surface area contributed by atoms with Gasteiger partial charge in [-0.3, -0.25) is 10.1 Å². The van der Waals surface area contributed by atoms with Crippen molar-refractivity contribution in [2.24, 2.45) is 0 Å². The van der Waals surface area contributed by atoms with Crippen LogP contribution < -0.4 is 0 Å². The summed E-state index contributed by atoms with van der Waals surface area (Å²) < 4.78 is 13.2. The van der Waals surface area contributed by atoms with E-state index < -0.39 is 28.0 Å². The van der Waals surface area contributed by atoms with Gasteiger partial charge in [-0.15, -0.1) is 11.8 Å². The molecule has 1 aromatic carbocycles. The van der Waals surface area contributed by atoms with Crippen molar-refractivity contribution in [1.29, 1.82) is 0 Å². The smallest absolute Gasteiger partial charge is 0.338 e. The predicted octanol–water partition coefficient (Wildman–Crippen LogP) is 1.52. The number of thioether (sulfide) groups is 1. The molecular formula is C9H8FNO5S. The van der Waals surface area contributed by atoms with Crippen molar-refractivity contribution in [3.8, 4) is 0 Å². The molecule has 0 heterocycles. The van der Waals surface area contributed by atoms with E-state index in [0.29, 0.717) is 6.07 Å². The first-order valence-corrected chi connectivity index (χ1v) is 5.40. The lowest BCUT2D eigenvalue weighted by Crippen LogP contribution is -2.03. The van der Waals surface area contributed by atoms with Gasteiger partial charge in [-0.25, -0.2) is 9.18 Å². The van der Waals surface area contributed by atoms with Crippen molar-refractivity contribution in [2.75, 3.05) is 12.4 Å². The minimum atomic E-state index is -1.50. The van der Waals surface area contributed by atoms with Gasteiger partial charge in [0.15, 0.2) is 0 Å². The Kier molecular flexibility index (Phi) is 4.41. The number of halogens is 1. The van der Waals surface area contributed by atoms with Gasteiger partial charge in [0.05, 0.1) is 28.1 Å². The summed E-state index contributed by atoms with van der Waals surface area (Å²) in [6, 6.07) is 1.47. The molecule has 1 aromatic rings. The number of aliphatic hydroxyl groups is 1. The Morgan fingerprint density at radius 1 is 1.53 bits per heavy atom. The van der Waals surface area contributed by atoms with Crippen LogP contribution in [0.15, 0.2) is 17.0 Å². The number of aliphatic hydroxyl groups excluding tert-OH is 1. The molecule has 0 amide bonds. The van der Waals surface area contributed by atoms with Crippen LogP contribution >= 0.6 is 11.8 Å². The minimum Gasteiger partial charge on any atom is -0.478 e. The maximum absolute atomic E-state index is 13.2. The molecule has 0 aliphatic rings. The summed E-state index contributed by atoms with van der Waals surface area (Å²) in [6.07, 6.45) is 0. The highest BCUT2D eigenvalue weighted by Crippen LogP contribution is 2.31. The number of benzene rings is 1. The SMILES string of the molecule is O=C(O)c1cc(SCCO)c([N+](=O)[O-])cc1F. The van der Waals surface area contributed by atoms with Gasteiger partial charge >= 0.3 is 5.97 Å². The fourth-order valence-corrected chi connectivity index (χ4v) is 1.91. The van der Waals surface area contributed by atoms with E-state index in [-0.39, 0.29) is 17.3 Å². The first-order chi connectivity index (χ1) is 7.97. The Balaban J connectivity index is 3.26. The summed E-state index contributed by atoms with van der Waals surface area (Å²) in [6.45, 7) is -0.221. The summed E-state index contributed by atoms with van der Waals surface area (Å²) >= 11 is 0.894. The lowest BCUT2D eigenvalue weighted by Gasteiger charge is -2.04. The first-order valence-electron chi connectivity index (χ1n) is 4.42. The first kappa shape index (κ1) is 13.4. The van der Waals surface area contributed by atoms with Crippen LogP contribution in [0, 0.1) is 15.9 Å². The van der Waals surface area contributed by atoms with Gasteiger partial charge in [-0.2, -0.15) is 0 Å². The molecule has 0 saturated heterocycles. The summed E-state index contributed by atoms with van der Waals surface area (Å²) in [5, 5.41) is 27.9. The van der Waals surface area contributed by atoms with Gasteiger partial charge in [0.2, 0.25) is 0 Å². The normalized spacial score (nSPS) is 10.2. The molecule has 17 heavy (non-hydrogen) atoms. The Bertz CT molecular complexity index is 465. The molecule has 0 aliphatic carbocycles. The molecule has 0 saturated carbocycles. The summed E-state index contributed by atoms with van der Waals surface area (Å²) in [5.41, 5.74) is -1.14. The van der Waals surface area contributed by atoms with E-state index in [1.165, 1.54) is 0 Å². The third-order valence-corrected chi connectivity index (χ3v) is 2.85. The topological polar surface area (TPSA) is 101 Å². The molecule has 0 atom stereocenters. The monoisotopic (exact) mass is 261 g/mol. The maximum atomic E-state index is 13.2. The average Bonchev–Trinajstić information content (AvgIpc) is 2.26.